The summed E-state index contributed by atoms with van der Waals surface area (Å²) in [6.45, 7) is 0. The maximum Gasteiger partial charge on any atom is 0.326 e. The topological polar surface area (TPSA) is 49.3 Å². The Morgan fingerprint density at radius 3 is 2.75 bits per heavy atom. The first-order chi connectivity index (χ1) is 7.58. The second kappa shape index (κ2) is 4.41. The lowest BCUT2D eigenvalue weighted by Gasteiger charge is -2.15. The van der Waals surface area contributed by atoms with Crippen molar-refractivity contribution in [1.29, 1.82) is 0 Å². The molecule has 0 saturated heterocycles. The summed E-state index contributed by atoms with van der Waals surface area (Å²) in [4.78, 5) is 11.0. The van der Waals surface area contributed by atoms with Gasteiger partial charge in [-0.2, -0.15) is 0 Å². The van der Waals surface area contributed by atoms with Crippen molar-refractivity contribution in [3.8, 4) is 0 Å². The quantitative estimate of drug-likeness (QED) is 0.895. The maximum absolute atomic E-state index is 13.0. The summed E-state index contributed by atoms with van der Waals surface area (Å²) in [5.74, 6) is -1.02. The van der Waals surface area contributed by atoms with E-state index in [4.69, 9.17) is 5.11 Å². The van der Waals surface area contributed by atoms with E-state index in [-0.39, 0.29) is 11.7 Å². The number of aliphatic carboxylic acids is 1. The van der Waals surface area contributed by atoms with Gasteiger partial charge in [0.05, 0.1) is 4.47 Å². The highest BCUT2D eigenvalue weighted by molar-refractivity contribution is 9.10. The maximum atomic E-state index is 13.0. The molecule has 5 heteroatoms. The predicted octanol–water partition coefficient (Wildman–Crippen LogP) is 2.86. The molecule has 1 atom stereocenters. The van der Waals surface area contributed by atoms with Gasteiger partial charge in [0.25, 0.3) is 0 Å². The molecule has 1 aliphatic carbocycles. The van der Waals surface area contributed by atoms with Crippen LogP contribution in [-0.4, -0.2) is 17.1 Å². The molecule has 1 unspecified atom stereocenters. The van der Waals surface area contributed by atoms with Crippen molar-refractivity contribution in [2.45, 2.75) is 18.9 Å². The van der Waals surface area contributed by atoms with Crippen molar-refractivity contribution in [1.82, 2.24) is 0 Å². The fraction of sp³-hybridized carbons (Fsp3) is 0.364. The van der Waals surface area contributed by atoms with Gasteiger partial charge in [0.15, 0.2) is 0 Å². The number of hydrogen-bond acceptors (Lipinski definition) is 2. The van der Waals surface area contributed by atoms with Crippen LogP contribution in [0.3, 0.4) is 0 Å². The minimum atomic E-state index is -0.858. The summed E-state index contributed by atoms with van der Waals surface area (Å²) in [6, 6.07) is 3.82. The van der Waals surface area contributed by atoms with E-state index in [1.807, 2.05) is 0 Å². The molecule has 1 fully saturated rings. The largest absolute Gasteiger partial charge is 0.480 e. The van der Waals surface area contributed by atoms with E-state index in [1.165, 1.54) is 6.07 Å². The van der Waals surface area contributed by atoms with Gasteiger partial charge < -0.3 is 10.4 Å². The molecule has 0 radical (unpaired) electrons. The number of halogens is 2. The van der Waals surface area contributed by atoms with Crippen molar-refractivity contribution in [2.75, 3.05) is 5.32 Å². The van der Waals surface area contributed by atoms with Crippen LogP contribution in [-0.2, 0) is 4.79 Å². The minimum Gasteiger partial charge on any atom is -0.480 e. The van der Waals surface area contributed by atoms with Crippen LogP contribution < -0.4 is 5.32 Å². The van der Waals surface area contributed by atoms with Crippen LogP contribution in [0.1, 0.15) is 12.8 Å². The molecule has 0 heterocycles. The molecular weight excluding hydrogens is 277 g/mol. The van der Waals surface area contributed by atoms with Gasteiger partial charge in [-0.25, -0.2) is 9.18 Å². The van der Waals surface area contributed by atoms with Gasteiger partial charge >= 0.3 is 5.97 Å². The lowest BCUT2D eigenvalue weighted by molar-refractivity contribution is -0.138. The lowest BCUT2D eigenvalue weighted by atomic mass is 10.1. The van der Waals surface area contributed by atoms with Gasteiger partial charge in [-0.15, -0.1) is 0 Å². The number of hydrogen-bond donors (Lipinski definition) is 2. The highest BCUT2D eigenvalue weighted by Gasteiger charge is 2.36. The van der Waals surface area contributed by atoms with Crippen molar-refractivity contribution in [2.24, 2.45) is 5.92 Å². The molecule has 1 saturated carbocycles. The number of carboxylic acids is 1. The normalized spacial score (nSPS) is 16.9. The van der Waals surface area contributed by atoms with Crippen molar-refractivity contribution >= 4 is 27.6 Å². The van der Waals surface area contributed by atoms with Gasteiger partial charge in [-0.05, 0) is 52.9 Å². The van der Waals surface area contributed by atoms with Crippen LogP contribution in [0, 0.1) is 11.7 Å². The Morgan fingerprint density at radius 2 is 2.25 bits per heavy atom. The summed E-state index contributed by atoms with van der Waals surface area (Å²) < 4.78 is 13.3. The van der Waals surface area contributed by atoms with Crippen LogP contribution in [0.15, 0.2) is 22.7 Å². The number of nitrogens with one attached hydrogen (secondary N) is 1. The molecule has 16 heavy (non-hydrogen) atoms. The van der Waals surface area contributed by atoms with Crippen LogP contribution >= 0.6 is 15.9 Å². The van der Waals surface area contributed by atoms with E-state index >= 15 is 0 Å². The van der Waals surface area contributed by atoms with Gasteiger partial charge in [-0.3, -0.25) is 0 Å². The SMILES string of the molecule is O=C(O)C(Nc1ccc(F)c(Br)c1)C1CC1. The summed E-state index contributed by atoms with van der Waals surface area (Å²) in [5.41, 5.74) is 0.618. The number of rotatable bonds is 4. The number of anilines is 1. The van der Waals surface area contributed by atoms with E-state index in [9.17, 15) is 9.18 Å². The molecule has 3 nitrogen and oxygen atoms in total. The second-order valence-corrected chi connectivity index (χ2v) is 4.78. The number of carbonyl (C=O) groups is 1. The molecule has 2 N–H and O–H groups in total. The molecule has 0 spiro atoms. The summed E-state index contributed by atoms with van der Waals surface area (Å²) >= 11 is 3.06. The molecule has 2 rings (SSSR count). The molecule has 86 valence electrons. The zero-order valence-electron chi connectivity index (χ0n) is 8.41. The van der Waals surface area contributed by atoms with Crippen LogP contribution in [0.25, 0.3) is 0 Å². The third-order valence-electron chi connectivity index (χ3n) is 2.60. The first kappa shape index (κ1) is 11.4. The molecular formula is C11H11BrFNO2. The third-order valence-corrected chi connectivity index (χ3v) is 3.21. The average Bonchev–Trinajstić information content (AvgIpc) is 3.03. The van der Waals surface area contributed by atoms with E-state index in [0.29, 0.717) is 10.2 Å². The third kappa shape index (κ3) is 2.52. The van der Waals surface area contributed by atoms with E-state index in [0.717, 1.165) is 12.8 Å². The van der Waals surface area contributed by atoms with Gasteiger partial charge in [0.2, 0.25) is 0 Å². The highest BCUT2D eigenvalue weighted by Crippen LogP contribution is 2.34. The van der Waals surface area contributed by atoms with E-state index < -0.39 is 12.0 Å². The van der Waals surface area contributed by atoms with Crippen LogP contribution in [0.2, 0.25) is 0 Å². The Labute approximate surface area is 101 Å². The lowest BCUT2D eigenvalue weighted by Crippen LogP contribution is -2.31. The Balaban J connectivity index is 2.12. The summed E-state index contributed by atoms with van der Waals surface area (Å²) in [5, 5.41) is 11.9. The van der Waals surface area contributed by atoms with Crippen LogP contribution in [0.4, 0.5) is 10.1 Å². The van der Waals surface area contributed by atoms with Gasteiger partial charge in [0.1, 0.15) is 11.9 Å². The molecule has 1 aromatic rings. The smallest absolute Gasteiger partial charge is 0.326 e. The van der Waals surface area contributed by atoms with E-state index in [1.54, 1.807) is 12.1 Å². The highest BCUT2D eigenvalue weighted by atomic mass is 79.9. The predicted molar refractivity (Wildman–Crippen MR) is 61.9 cm³/mol. The summed E-state index contributed by atoms with van der Waals surface area (Å²) in [6.07, 6.45) is 1.87. The fourth-order valence-electron chi connectivity index (χ4n) is 1.58. The Bertz CT molecular complexity index is 420. The molecule has 0 aliphatic heterocycles. The summed E-state index contributed by atoms with van der Waals surface area (Å²) in [7, 11) is 0. The molecule has 1 aromatic carbocycles. The number of carboxylic acid groups (broad SMARTS) is 1. The average molecular weight is 288 g/mol. The first-order valence-corrected chi connectivity index (χ1v) is 5.81. The van der Waals surface area contributed by atoms with Crippen molar-refractivity contribution in [3.63, 3.8) is 0 Å². The zero-order valence-corrected chi connectivity index (χ0v) is 10.00. The van der Waals surface area contributed by atoms with Crippen molar-refractivity contribution < 1.29 is 14.3 Å². The van der Waals surface area contributed by atoms with E-state index in [2.05, 4.69) is 21.2 Å². The van der Waals surface area contributed by atoms with Gasteiger partial charge in [0, 0.05) is 5.69 Å². The monoisotopic (exact) mass is 287 g/mol. The number of benzene rings is 1. The standard InChI is InChI=1S/C11H11BrFNO2/c12-8-5-7(3-4-9(8)13)14-10(11(15)16)6-1-2-6/h3-6,10,14H,1-2H2,(H,15,16). The Morgan fingerprint density at radius 1 is 1.56 bits per heavy atom. The molecule has 0 aromatic heterocycles. The fourth-order valence-corrected chi connectivity index (χ4v) is 1.96. The van der Waals surface area contributed by atoms with Crippen molar-refractivity contribution in [3.05, 3.63) is 28.5 Å². The zero-order chi connectivity index (χ0) is 11.7. The van der Waals surface area contributed by atoms with Crippen LogP contribution in [0.5, 0.6) is 0 Å². The molecule has 1 aliphatic rings. The van der Waals surface area contributed by atoms with Gasteiger partial charge in [-0.1, -0.05) is 0 Å². The minimum absolute atomic E-state index is 0.196. The Kier molecular flexibility index (Phi) is 3.14. The second-order valence-electron chi connectivity index (χ2n) is 3.93. The first-order valence-electron chi connectivity index (χ1n) is 5.02. The molecule has 0 bridgehead atoms. The molecule has 0 amide bonds. The Hall–Kier alpha value is -1.10.